The molecule has 1 atom stereocenters. The van der Waals surface area contributed by atoms with Gasteiger partial charge in [0, 0.05) is 12.7 Å². The highest BCUT2D eigenvalue weighted by Crippen LogP contribution is 2.35. The van der Waals surface area contributed by atoms with E-state index in [2.05, 4.69) is 20.0 Å². The summed E-state index contributed by atoms with van der Waals surface area (Å²) in [5, 5.41) is 4.06. The predicted molar refractivity (Wildman–Crippen MR) is 87.5 cm³/mol. The van der Waals surface area contributed by atoms with Crippen LogP contribution in [0, 0.1) is 11.8 Å². The second-order valence-corrected chi connectivity index (χ2v) is 6.91. The van der Waals surface area contributed by atoms with E-state index in [-0.39, 0.29) is 0 Å². The lowest BCUT2D eigenvalue weighted by Crippen LogP contribution is -2.24. The lowest BCUT2D eigenvalue weighted by Gasteiger charge is -2.27. The maximum atomic E-state index is 5.42. The van der Waals surface area contributed by atoms with Crippen molar-refractivity contribution in [3.8, 4) is 11.5 Å². The number of hydrogen-bond acceptors (Lipinski definition) is 5. The Balaban J connectivity index is 1.35. The highest BCUT2D eigenvalue weighted by molar-refractivity contribution is 5.46. The average Bonchev–Trinajstić information content (AvgIpc) is 3.27. The van der Waals surface area contributed by atoms with Gasteiger partial charge < -0.3 is 4.52 Å². The molecule has 2 aromatic heterocycles. The van der Waals surface area contributed by atoms with Gasteiger partial charge in [-0.15, -0.1) is 0 Å². The van der Waals surface area contributed by atoms with Gasteiger partial charge in [-0.05, 0) is 36.9 Å². The molecule has 1 aliphatic carbocycles. The van der Waals surface area contributed by atoms with Gasteiger partial charge in [-0.2, -0.15) is 4.98 Å². The Bertz CT molecular complexity index is 621. The number of rotatable bonds is 4. The van der Waals surface area contributed by atoms with Crippen LogP contribution in [0.1, 0.15) is 44.4 Å². The zero-order chi connectivity index (χ0) is 15.5. The van der Waals surface area contributed by atoms with E-state index < -0.39 is 0 Å². The quantitative estimate of drug-likeness (QED) is 0.864. The highest BCUT2D eigenvalue weighted by Gasteiger charge is 2.30. The molecule has 1 saturated carbocycles. The maximum Gasteiger partial charge on any atom is 0.241 e. The molecule has 1 unspecified atom stereocenters. The fraction of sp³-hybridized carbons (Fsp3) is 0.611. The number of nitrogens with zero attached hydrogens (tertiary/aromatic N) is 4. The van der Waals surface area contributed by atoms with Crippen LogP contribution in [-0.2, 0) is 6.54 Å². The Labute approximate surface area is 137 Å². The molecular weight excluding hydrogens is 288 g/mol. The van der Waals surface area contributed by atoms with Crippen molar-refractivity contribution in [3.05, 3.63) is 30.3 Å². The average molecular weight is 312 g/mol. The molecule has 122 valence electrons. The first kappa shape index (κ1) is 14.8. The third kappa shape index (κ3) is 3.44. The molecule has 0 amide bonds. The Morgan fingerprint density at radius 1 is 1.09 bits per heavy atom. The van der Waals surface area contributed by atoms with Crippen molar-refractivity contribution in [1.29, 1.82) is 0 Å². The zero-order valence-corrected chi connectivity index (χ0v) is 13.5. The summed E-state index contributed by atoms with van der Waals surface area (Å²) in [6, 6.07) is 5.73. The molecule has 1 saturated heterocycles. The maximum absolute atomic E-state index is 5.42. The molecule has 0 radical (unpaired) electrons. The number of hydrogen-bond donors (Lipinski definition) is 0. The number of aromatic nitrogens is 3. The van der Waals surface area contributed by atoms with Crippen molar-refractivity contribution in [2.45, 2.75) is 45.1 Å². The van der Waals surface area contributed by atoms with Gasteiger partial charge in [-0.25, -0.2) is 0 Å². The summed E-state index contributed by atoms with van der Waals surface area (Å²) in [7, 11) is 0. The number of likely N-dealkylation sites (tertiary alicyclic amines) is 1. The van der Waals surface area contributed by atoms with E-state index in [1.165, 1.54) is 45.1 Å². The summed E-state index contributed by atoms with van der Waals surface area (Å²) in [5.74, 6) is 3.10. The van der Waals surface area contributed by atoms with Gasteiger partial charge in [0.25, 0.3) is 0 Å². The van der Waals surface area contributed by atoms with Crippen LogP contribution in [-0.4, -0.2) is 33.1 Å². The van der Waals surface area contributed by atoms with E-state index in [0.29, 0.717) is 11.7 Å². The molecule has 0 aromatic carbocycles. The summed E-state index contributed by atoms with van der Waals surface area (Å²) >= 11 is 0. The fourth-order valence-corrected chi connectivity index (χ4v) is 4.11. The van der Waals surface area contributed by atoms with E-state index in [1.54, 1.807) is 6.20 Å². The molecule has 2 aliphatic rings. The van der Waals surface area contributed by atoms with Crippen LogP contribution in [0.2, 0.25) is 0 Å². The molecule has 2 aromatic rings. The highest BCUT2D eigenvalue weighted by atomic mass is 16.5. The molecule has 2 fully saturated rings. The third-order valence-electron chi connectivity index (χ3n) is 5.35. The van der Waals surface area contributed by atoms with Crippen molar-refractivity contribution >= 4 is 0 Å². The zero-order valence-electron chi connectivity index (χ0n) is 13.5. The largest absolute Gasteiger partial charge is 0.337 e. The smallest absolute Gasteiger partial charge is 0.241 e. The lowest BCUT2D eigenvalue weighted by molar-refractivity contribution is 0.220. The Morgan fingerprint density at radius 2 is 2.00 bits per heavy atom. The van der Waals surface area contributed by atoms with E-state index in [9.17, 15) is 0 Å². The molecule has 5 nitrogen and oxygen atoms in total. The first-order valence-electron chi connectivity index (χ1n) is 8.85. The first-order chi connectivity index (χ1) is 11.4. The van der Waals surface area contributed by atoms with Crippen LogP contribution in [0.4, 0.5) is 0 Å². The van der Waals surface area contributed by atoms with E-state index in [1.807, 2.05) is 18.2 Å². The molecule has 3 heterocycles. The van der Waals surface area contributed by atoms with Crippen molar-refractivity contribution < 1.29 is 4.52 Å². The van der Waals surface area contributed by atoms with Crippen molar-refractivity contribution in [3.63, 3.8) is 0 Å². The Morgan fingerprint density at radius 3 is 2.83 bits per heavy atom. The van der Waals surface area contributed by atoms with E-state index >= 15 is 0 Å². The van der Waals surface area contributed by atoms with Gasteiger partial charge in [0.1, 0.15) is 5.69 Å². The minimum Gasteiger partial charge on any atom is -0.337 e. The first-order valence-corrected chi connectivity index (χ1v) is 8.85. The van der Waals surface area contributed by atoms with E-state index in [0.717, 1.165) is 30.6 Å². The Hall–Kier alpha value is -1.75. The standard InChI is InChI=1S/C18H24N4O/c1-2-6-14(7-3-1)15-9-11-22(12-15)13-17-20-18(21-23-17)16-8-4-5-10-19-16/h4-5,8,10,14-15H,1-3,6-7,9,11-13H2. The van der Waals surface area contributed by atoms with Crippen LogP contribution < -0.4 is 0 Å². The molecule has 0 N–H and O–H groups in total. The lowest BCUT2D eigenvalue weighted by atomic mass is 9.80. The van der Waals surface area contributed by atoms with E-state index in [4.69, 9.17) is 4.52 Å². The molecule has 23 heavy (non-hydrogen) atoms. The molecule has 1 aliphatic heterocycles. The molecule has 5 heteroatoms. The molecular formula is C18H24N4O. The van der Waals surface area contributed by atoms with Crippen molar-refractivity contribution in [2.75, 3.05) is 13.1 Å². The van der Waals surface area contributed by atoms with Crippen molar-refractivity contribution in [2.24, 2.45) is 11.8 Å². The number of pyridine rings is 1. The van der Waals surface area contributed by atoms with Crippen LogP contribution in [0.15, 0.2) is 28.9 Å². The predicted octanol–water partition coefficient (Wildman–Crippen LogP) is 3.53. The van der Waals surface area contributed by atoms with Crippen LogP contribution >= 0.6 is 0 Å². The topological polar surface area (TPSA) is 55.1 Å². The Kier molecular flexibility index (Phi) is 4.37. The summed E-state index contributed by atoms with van der Waals surface area (Å²) in [4.78, 5) is 11.2. The van der Waals surface area contributed by atoms with Gasteiger partial charge in [0.05, 0.1) is 6.54 Å². The second-order valence-electron chi connectivity index (χ2n) is 6.91. The monoisotopic (exact) mass is 312 g/mol. The van der Waals surface area contributed by atoms with Crippen LogP contribution in [0.3, 0.4) is 0 Å². The van der Waals surface area contributed by atoms with Gasteiger partial charge in [-0.1, -0.05) is 43.3 Å². The van der Waals surface area contributed by atoms with Crippen LogP contribution in [0.5, 0.6) is 0 Å². The summed E-state index contributed by atoms with van der Waals surface area (Å²) in [6.45, 7) is 3.11. The third-order valence-corrected chi connectivity index (χ3v) is 5.35. The molecule has 0 bridgehead atoms. The normalized spacial score (nSPS) is 23.4. The van der Waals surface area contributed by atoms with Crippen molar-refractivity contribution in [1.82, 2.24) is 20.0 Å². The summed E-state index contributed by atoms with van der Waals surface area (Å²) < 4.78 is 5.42. The van der Waals surface area contributed by atoms with Gasteiger partial charge in [0.2, 0.25) is 11.7 Å². The molecule has 0 spiro atoms. The van der Waals surface area contributed by atoms with Crippen LogP contribution in [0.25, 0.3) is 11.5 Å². The van der Waals surface area contributed by atoms with Gasteiger partial charge >= 0.3 is 0 Å². The van der Waals surface area contributed by atoms with Gasteiger partial charge in [0.15, 0.2) is 0 Å². The van der Waals surface area contributed by atoms with Gasteiger partial charge in [-0.3, -0.25) is 9.88 Å². The minimum atomic E-state index is 0.587. The summed E-state index contributed by atoms with van der Waals surface area (Å²) in [6.07, 6.45) is 10.2. The summed E-state index contributed by atoms with van der Waals surface area (Å²) in [5.41, 5.74) is 0.768. The minimum absolute atomic E-state index is 0.587. The SMILES string of the molecule is c1ccc(-c2noc(CN3CCC(C4CCCCC4)C3)n2)nc1. The molecule has 4 rings (SSSR count). The fourth-order valence-electron chi connectivity index (χ4n) is 4.11. The second kappa shape index (κ2) is 6.79.